The van der Waals surface area contributed by atoms with Crippen LogP contribution in [0.25, 0.3) is 0 Å². The van der Waals surface area contributed by atoms with Crippen molar-refractivity contribution in [1.29, 1.82) is 0 Å². The Bertz CT molecular complexity index is 411. The normalized spacial score (nSPS) is 21.1. The number of ether oxygens (including phenoxy) is 1. The summed E-state index contributed by atoms with van der Waals surface area (Å²) < 4.78 is 28.6. The molecule has 0 radical (unpaired) electrons. The second kappa shape index (κ2) is 6.88. The molecule has 1 aliphatic heterocycles. The molecule has 1 saturated heterocycles. The third-order valence-corrected chi connectivity index (χ3v) is 3.96. The van der Waals surface area contributed by atoms with Crippen molar-refractivity contribution >= 4 is 5.69 Å². The highest BCUT2D eigenvalue weighted by molar-refractivity contribution is 5.49. The average Bonchev–Trinajstić information content (AvgIpc) is 2.47. The minimum atomic E-state index is -2.77. The van der Waals surface area contributed by atoms with Crippen molar-refractivity contribution in [1.82, 2.24) is 5.32 Å². The summed E-state index contributed by atoms with van der Waals surface area (Å²) in [6.07, 6.45) is 1.15. The minimum Gasteiger partial charge on any atom is -0.435 e. The van der Waals surface area contributed by atoms with Gasteiger partial charge in [0.1, 0.15) is 5.75 Å². The van der Waals surface area contributed by atoms with Crippen molar-refractivity contribution < 1.29 is 13.5 Å². The minimum absolute atomic E-state index is 0.206. The molecule has 0 aliphatic carbocycles. The number of hydrogen-bond donors (Lipinski definition) is 1. The Morgan fingerprint density at radius 1 is 1.35 bits per heavy atom. The zero-order chi connectivity index (χ0) is 14.5. The Morgan fingerprint density at radius 2 is 2.05 bits per heavy atom. The van der Waals surface area contributed by atoms with Gasteiger partial charge < -0.3 is 15.0 Å². The molecule has 112 valence electrons. The SMILES string of the molecule is CCC(C)C1CN(c2ccc(OC(F)F)cc2)CCN1. The Balaban J connectivity index is 2.00. The van der Waals surface area contributed by atoms with Gasteiger partial charge in [0, 0.05) is 31.4 Å². The van der Waals surface area contributed by atoms with Crippen LogP contribution >= 0.6 is 0 Å². The van der Waals surface area contributed by atoms with E-state index >= 15 is 0 Å². The maximum Gasteiger partial charge on any atom is 0.387 e. The molecule has 20 heavy (non-hydrogen) atoms. The highest BCUT2D eigenvalue weighted by Crippen LogP contribution is 2.23. The van der Waals surface area contributed by atoms with Crippen LogP contribution in [0, 0.1) is 5.92 Å². The van der Waals surface area contributed by atoms with Crippen LogP contribution in [-0.4, -0.2) is 32.3 Å². The smallest absolute Gasteiger partial charge is 0.387 e. The van der Waals surface area contributed by atoms with Gasteiger partial charge in [0.25, 0.3) is 0 Å². The third-order valence-electron chi connectivity index (χ3n) is 3.96. The van der Waals surface area contributed by atoms with Crippen molar-refractivity contribution in [2.24, 2.45) is 5.92 Å². The van der Waals surface area contributed by atoms with Crippen LogP contribution in [0.15, 0.2) is 24.3 Å². The van der Waals surface area contributed by atoms with E-state index in [0.717, 1.165) is 31.7 Å². The molecule has 1 aliphatic rings. The molecule has 1 heterocycles. The molecule has 0 bridgehead atoms. The van der Waals surface area contributed by atoms with Gasteiger partial charge in [0.15, 0.2) is 0 Å². The van der Waals surface area contributed by atoms with E-state index in [2.05, 4.69) is 28.8 Å². The van der Waals surface area contributed by atoms with Gasteiger partial charge in [0.2, 0.25) is 0 Å². The van der Waals surface area contributed by atoms with Gasteiger partial charge >= 0.3 is 6.61 Å². The van der Waals surface area contributed by atoms with Crippen LogP contribution in [0.2, 0.25) is 0 Å². The van der Waals surface area contributed by atoms with Gasteiger partial charge in [0.05, 0.1) is 0 Å². The number of anilines is 1. The maximum atomic E-state index is 12.1. The molecular formula is C15H22F2N2O. The lowest BCUT2D eigenvalue weighted by atomic mass is 9.97. The molecule has 1 N–H and O–H groups in total. The molecular weight excluding hydrogens is 262 g/mol. The van der Waals surface area contributed by atoms with E-state index in [-0.39, 0.29) is 5.75 Å². The number of rotatable bonds is 5. The number of hydrogen-bond acceptors (Lipinski definition) is 3. The molecule has 0 aromatic heterocycles. The Kier molecular flexibility index (Phi) is 5.17. The summed E-state index contributed by atoms with van der Waals surface area (Å²) in [5.74, 6) is 0.830. The van der Waals surface area contributed by atoms with E-state index in [0.29, 0.717) is 12.0 Å². The van der Waals surface area contributed by atoms with E-state index in [4.69, 9.17) is 0 Å². The van der Waals surface area contributed by atoms with E-state index in [1.54, 1.807) is 12.1 Å². The fourth-order valence-corrected chi connectivity index (χ4v) is 2.52. The summed E-state index contributed by atoms with van der Waals surface area (Å²) in [4.78, 5) is 2.29. The monoisotopic (exact) mass is 284 g/mol. The van der Waals surface area contributed by atoms with Gasteiger partial charge in [-0.1, -0.05) is 20.3 Å². The predicted molar refractivity (Wildman–Crippen MR) is 76.5 cm³/mol. The topological polar surface area (TPSA) is 24.5 Å². The first-order chi connectivity index (χ1) is 9.60. The Morgan fingerprint density at radius 3 is 2.65 bits per heavy atom. The van der Waals surface area contributed by atoms with Crippen LogP contribution in [0.3, 0.4) is 0 Å². The highest BCUT2D eigenvalue weighted by atomic mass is 19.3. The van der Waals surface area contributed by atoms with Crippen LogP contribution < -0.4 is 15.0 Å². The summed E-state index contributed by atoms with van der Waals surface area (Å²) in [6, 6.07) is 7.36. The maximum absolute atomic E-state index is 12.1. The zero-order valence-electron chi connectivity index (χ0n) is 12.0. The van der Waals surface area contributed by atoms with E-state index < -0.39 is 6.61 Å². The van der Waals surface area contributed by atoms with Gasteiger partial charge in [-0.15, -0.1) is 0 Å². The number of halogens is 2. The number of piperazine rings is 1. The second-order valence-corrected chi connectivity index (χ2v) is 5.26. The molecule has 5 heteroatoms. The largest absolute Gasteiger partial charge is 0.435 e. The molecule has 1 aromatic carbocycles. The Hall–Kier alpha value is -1.36. The van der Waals surface area contributed by atoms with Gasteiger partial charge in [-0.05, 0) is 30.2 Å². The fraction of sp³-hybridized carbons (Fsp3) is 0.600. The van der Waals surface area contributed by atoms with Crippen LogP contribution in [0.4, 0.5) is 14.5 Å². The first-order valence-electron chi connectivity index (χ1n) is 7.13. The molecule has 3 nitrogen and oxygen atoms in total. The first kappa shape index (κ1) is 15.0. The molecule has 0 amide bonds. The molecule has 0 spiro atoms. The van der Waals surface area contributed by atoms with Crippen molar-refractivity contribution in [3.8, 4) is 5.75 Å². The van der Waals surface area contributed by atoms with Gasteiger partial charge in [-0.25, -0.2) is 0 Å². The number of benzene rings is 1. The van der Waals surface area contributed by atoms with Crippen LogP contribution in [-0.2, 0) is 0 Å². The fourth-order valence-electron chi connectivity index (χ4n) is 2.52. The highest BCUT2D eigenvalue weighted by Gasteiger charge is 2.23. The lowest BCUT2D eigenvalue weighted by molar-refractivity contribution is -0.0498. The van der Waals surface area contributed by atoms with Gasteiger partial charge in [-0.2, -0.15) is 8.78 Å². The standard InChI is InChI=1S/C15H22F2N2O/c1-3-11(2)14-10-19(9-8-18-14)12-4-6-13(7-5-12)20-15(16)17/h4-7,11,14-15,18H,3,8-10H2,1-2H3. The Labute approximate surface area is 118 Å². The number of alkyl halides is 2. The van der Waals surface area contributed by atoms with Crippen molar-refractivity contribution in [3.63, 3.8) is 0 Å². The predicted octanol–water partition coefficient (Wildman–Crippen LogP) is 3.11. The van der Waals surface area contributed by atoms with Crippen LogP contribution in [0.5, 0.6) is 5.75 Å². The summed E-state index contributed by atoms with van der Waals surface area (Å²) in [6.45, 7) is 4.51. The first-order valence-corrected chi connectivity index (χ1v) is 7.13. The zero-order valence-corrected chi connectivity index (χ0v) is 12.0. The summed E-state index contributed by atoms with van der Waals surface area (Å²) in [7, 11) is 0. The number of nitrogens with one attached hydrogen (secondary N) is 1. The molecule has 2 rings (SSSR count). The van der Waals surface area contributed by atoms with Crippen LogP contribution in [0.1, 0.15) is 20.3 Å². The van der Waals surface area contributed by atoms with Gasteiger partial charge in [-0.3, -0.25) is 0 Å². The lowest BCUT2D eigenvalue weighted by Gasteiger charge is -2.38. The van der Waals surface area contributed by atoms with E-state index in [1.165, 1.54) is 0 Å². The summed E-state index contributed by atoms with van der Waals surface area (Å²) in [5.41, 5.74) is 1.06. The second-order valence-electron chi connectivity index (χ2n) is 5.26. The van der Waals surface area contributed by atoms with Crippen molar-refractivity contribution in [2.75, 3.05) is 24.5 Å². The molecule has 1 aromatic rings. The van der Waals surface area contributed by atoms with Crippen molar-refractivity contribution in [2.45, 2.75) is 32.9 Å². The van der Waals surface area contributed by atoms with Crippen molar-refractivity contribution in [3.05, 3.63) is 24.3 Å². The van der Waals surface area contributed by atoms with E-state index in [1.807, 2.05) is 12.1 Å². The quantitative estimate of drug-likeness (QED) is 0.899. The van der Waals surface area contributed by atoms with E-state index in [9.17, 15) is 8.78 Å². The molecule has 2 atom stereocenters. The lowest BCUT2D eigenvalue weighted by Crippen LogP contribution is -2.53. The number of nitrogens with zero attached hydrogens (tertiary/aromatic N) is 1. The summed E-state index contributed by atoms with van der Waals surface area (Å²) in [5, 5.41) is 3.54. The average molecular weight is 284 g/mol. The summed E-state index contributed by atoms with van der Waals surface area (Å²) >= 11 is 0. The molecule has 1 fully saturated rings. The third kappa shape index (κ3) is 3.82. The molecule has 2 unspecified atom stereocenters. The molecule has 0 saturated carbocycles.